The van der Waals surface area contributed by atoms with Crippen LogP contribution in [0, 0.1) is 13.8 Å². The van der Waals surface area contributed by atoms with Crippen molar-refractivity contribution < 1.29 is 54.5 Å². The van der Waals surface area contributed by atoms with Gasteiger partial charge in [-0.2, -0.15) is 0 Å². The molecule has 0 amide bonds. The SMILES string of the molecule is [B]c1nc(C)sc1C(=O)O.[B]c1nc(C)sc1C(=O)OCC.[Na+].[OH-]. The topological polar surface area (TPSA) is 119 Å². The molecule has 120 valence electrons. The Kier molecular flexibility index (Phi) is 12.5. The van der Waals surface area contributed by atoms with Crippen molar-refractivity contribution >= 4 is 61.5 Å². The number of nitrogens with zero attached hydrogens (tertiary/aromatic N) is 2. The first-order valence-corrected chi connectivity index (χ1v) is 7.75. The fraction of sp³-hybridized carbons (Fsp3) is 0.333. The van der Waals surface area contributed by atoms with Crippen molar-refractivity contribution in [2.45, 2.75) is 20.8 Å². The number of hydrogen-bond acceptors (Lipinski definition) is 8. The fourth-order valence-electron chi connectivity index (χ4n) is 1.38. The molecule has 0 aliphatic rings. The molecule has 12 heteroatoms. The smallest absolute Gasteiger partial charge is 0.870 e. The van der Waals surface area contributed by atoms with Crippen molar-refractivity contribution in [1.29, 1.82) is 0 Å². The Balaban J connectivity index is 0. The summed E-state index contributed by atoms with van der Waals surface area (Å²) in [6, 6.07) is 0. The number of ether oxygens (including phenoxy) is 1. The van der Waals surface area contributed by atoms with Crippen molar-refractivity contribution in [3.63, 3.8) is 0 Å². The first-order chi connectivity index (χ1) is 10.3. The van der Waals surface area contributed by atoms with Gasteiger partial charge in [0, 0.05) is 11.2 Å². The number of carboxylic acids is 1. The van der Waals surface area contributed by atoms with Gasteiger partial charge in [-0.1, -0.05) is 0 Å². The molecule has 24 heavy (non-hydrogen) atoms. The molecule has 0 bridgehead atoms. The minimum Gasteiger partial charge on any atom is -0.870 e. The van der Waals surface area contributed by atoms with Crippen LogP contribution < -0.4 is 40.7 Å². The van der Waals surface area contributed by atoms with Crippen LogP contribution in [0.15, 0.2) is 0 Å². The third-order valence-electron chi connectivity index (χ3n) is 2.18. The Morgan fingerprint density at radius 1 is 1.08 bits per heavy atom. The van der Waals surface area contributed by atoms with Crippen LogP contribution in [0.1, 0.15) is 36.3 Å². The number of carbonyl (C=O) groups is 2. The molecule has 0 fully saturated rings. The summed E-state index contributed by atoms with van der Waals surface area (Å²) in [7, 11) is 10.7. The van der Waals surface area contributed by atoms with Crippen molar-refractivity contribution in [3.8, 4) is 0 Å². The Hall–Kier alpha value is -0.710. The molecule has 7 nitrogen and oxygen atoms in total. The second-order valence-electron chi connectivity index (χ2n) is 3.92. The molecule has 0 aliphatic carbocycles. The Labute approximate surface area is 172 Å². The van der Waals surface area contributed by atoms with Gasteiger partial charge < -0.3 is 15.3 Å². The second kappa shape index (κ2) is 11.8. The van der Waals surface area contributed by atoms with Crippen molar-refractivity contribution in [2.24, 2.45) is 0 Å². The zero-order valence-electron chi connectivity index (χ0n) is 13.7. The van der Waals surface area contributed by atoms with Gasteiger partial charge >= 0.3 is 41.5 Å². The average Bonchev–Trinajstić information content (AvgIpc) is 2.92. The Morgan fingerprint density at radius 3 is 1.75 bits per heavy atom. The Bertz CT molecular complexity index is 693. The maximum Gasteiger partial charge on any atom is 1.00 e. The van der Waals surface area contributed by atoms with Crippen LogP contribution in [-0.2, 0) is 4.74 Å². The number of rotatable bonds is 3. The van der Waals surface area contributed by atoms with Gasteiger partial charge in [0.15, 0.2) is 0 Å². The first kappa shape index (κ1) is 25.5. The first-order valence-electron chi connectivity index (χ1n) is 6.12. The molecule has 0 atom stereocenters. The molecule has 2 aromatic heterocycles. The van der Waals surface area contributed by atoms with Gasteiger partial charge in [0.25, 0.3) is 0 Å². The van der Waals surface area contributed by atoms with Crippen molar-refractivity contribution in [1.82, 2.24) is 9.97 Å². The van der Waals surface area contributed by atoms with Gasteiger partial charge in [-0.15, -0.1) is 22.7 Å². The summed E-state index contributed by atoms with van der Waals surface area (Å²) in [5.74, 6) is -1.40. The van der Waals surface area contributed by atoms with Gasteiger partial charge in [-0.3, -0.25) is 9.97 Å². The third-order valence-corrected chi connectivity index (χ3v) is 4.12. The van der Waals surface area contributed by atoms with Crippen LogP contribution in [0.5, 0.6) is 0 Å². The third kappa shape index (κ3) is 7.45. The van der Waals surface area contributed by atoms with Crippen LogP contribution >= 0.6 is 22.7 Å². The Morgan fingerprint density at radius 2 is 1.50 bits per heavy atom. The summed E-state index contributed by atoms with van der Waals surface area (Å²) >= 11 is 2.34. The number of aryl methyl sites for hydroxylation is 2. The summed E-state index contributed by atoms with van der Waals surface area (Å²) < 4.78 is 4.77. The molecule has 2 heterocycles. The normalized spacial score (nSPS) is 8.96. The minimum absolute atomic E-state index is 0. The monoisotopic (exact) mass is 374 g/mol. The molecule has 0 aliphatic heterocycles. The predicted octanol–water partition coefficient (Wildman–Crippen LogP) is -2.81. The zero-order valence-corrected chi connectivity index (χ0v) is 17.3. The maximum atomic E-state index is 11.1. The van der Waals surface area contributed by atoms with Crippen LogP contribution in [-0.4, -0.2) is 54.8 Å². The molecule has 0 unspecified atom stereocenters. The van der Waals surface area contributed by atoms with Crippen LogP contribution in [0.25, 0.3) is 0 Å². The standard InChI is InChI=1S/C7H8BNO2S.C5H4BNO2S.Na.H2O/c1-3-11-7(10)5-6(8)9-4(2)12-5;1-2-7-4(6)3(10-2)5(8)9;;/h3H2,1-2H3;1H3,(H,8,9);;1H2/q;;+1;/p-1. The summed E-state index contributed by atoms with van der Waals surface area (Å²) in [5, 5.41) is 9.92. The van der Waals surface area contributed by atoms with Crippen LogP contribution in [0.2, 0.25) is 0 Å². The van der Waals surface area contributed by atoms with Gasteiger partial charge in [-0.05, 0) is 20.8 Å². The van der Waals surface area contributed by atoms with Crippen LogP contribution in [0.3, 0.4) is 0 Å². The van der Waals surface area contributed by atoms with Crippen LogP contribution in [0.4, 0.5) is 0 Å². The molecule has 2 aromatic rings. The van der Waals surface area contributed by atoms with E-state index >= 15 is 0 Å². The van der Waals surface area contributed by atoms with E-state index in [0.29, 0.717) is 16.5 Å². The number of aromatic nitrogens is 2. The fourth-order valence-corrected chi connectivity index (χ4v) is 2.79. The van der Waals surface area contributed by atoms with E-state index in [9.17, 15) is 9.59 Å². The van der Waals surface area contributed by atoms with E-state index in [-0.39, 0.29) is 57.1 Å². The summed E-state index contributed by atoms with van der Waals surface area (Å²) in [4.78, 5) is 29.7. The average molecular weight is 374 g/mol. The van der Waals surface area contributed by atoms with Gasteiger partial charge in [-0.25, -0.2) is 9.59 Å². The largest absolute Gasteiger partial charge is 1.00 e. The molecule has 4 radical (unpaired) electrons. The minimum atomic E-state index is -1.01. The number of carbonyl (C=O) groups excluding carboxylic acids is 1. The number of hydrogen-bond donors (Lipinski definition) is 1. The molecule has 2 N–H and O–H groups in total. The quantitative estimate of drug-likeness (QED) is 0.455. The molecular weight excluding hydrogens is 361 g/mol. The molecular formula is C12H13B2N2NaO5S2. The van der Waals surface area contributed by atoms with E-state index in [2.05, 4.69) is 9.97 Å². The molecule has 0 spiro atoms. The van der Waals surface area contributed by atoms with E-state index in [1.165, 1.54) is 11.3 Å². The van der Waals surface area contributed by atoms with E-state index in [0.717, 1.165) is 16.3 Å². The molecule has 2 rings (SSSR count). The van der Waals surface area contributed by atoms with Crippen molar-refractivity contribution in [3.05, 3.63) is 19.8 Å². The summed E-state index contributed by atoms with van der Waals surface area (Å²) in [6.07, 6.45) is 0. The van der Waals surface area contributed by atoms with E-state index in [1.54, 1.807) is 20.8 Å². The van der Waals surface area contributed by atoms with Crippen molar-refractivity contribution in [2.75, 3.05) is 6.61 Å². The van der Waals surface area contributed by atoms with E-state index < -0.39 is 5.97 Å². The van der Waals surface area contributed by atoms with Gasteiger partial charge in [0.1, 0.15) is 25.4 Å². The molecule has 0 saturated heterocycles. The maximum absolute atomic E-state index is 11.1. The number of carboxylic acid groups (broad SMARTS) is 1. The van der Waals surface area contributed by atoms with Gasteiger partial charge in [0.2, 0.25) is 0 Å². The summed E-state index contributed by atoms with van der Waals surface area (Å²) in [6.45, 7) is 5.62. The summed E-state index contributed by atoms with van der Waals surface area (Å²) in [5.41, 5.74) is 0.367. The number of thiazole rings is 2. The molecule has 0 aromatic carbocycles. The van der Waals surface area contributed by atoms with Gasteiger partial charge in [0.05, 0.1) is 16.6 Å². The van der Waals surface area contributed by atoms with E-state index in [1.807, 2.05) is 0 Å². The molecule has 0 saturated carbocycles. The number of esters is 1. The number of aromatic carboxylic acids is 1. The second-order valence-corrected chi connectivity index (χ2v) is 6.33. The predicted molar refractivity (Wildman–Crippen MR) is 89.3 cm³/mol. The van der Waals surface area contributed by atoms with E-state index in [4.69, 9.17) is 25.5 Å². The zero-order chi connectivity index (χ0) is 16.9.